The van der Waals surface area contributed by atoms with Crippen LogP contribution < -0.4 is 0 Å². The minimum Gasteiger partial charge on any atom is -0.442 e. The van der Waals surface area contributed by atoms with E-state index in [1.54, 1.807) is 24.3 Å². The SMILES string of the molecule is CCCCc1nc(Cl)c(CO)n1Cc1ccc(-c2ccccc2-c2nnn(C(=O)OCc3ccccc3CO[N+](=O)[O-])n2)cc1. The summed E-state index contributed by atoms with van der Waals surface area (Å²) < 4.78 is 7.31. The molecule has 0 aliphatic rings. The zero-order chi connectivity index (χ0) is 31.8. The van der Waals surface area contributed by atoms with Crippen LogP contribution >= 0.6 is 11.6 Å². The number of rotatable bonds is 13. The molecule has 0 saturated heterocycles. The number of hydrogen-bond donors (Lipinski definition) is 1. The van der Waals surface area contributed by atoms with Gasteiger partial charge in [0.2, 0.25) is 5.82 Å². The van der Waals surface area contributed by atoms with Crippen LogP contribution in [0.4, 0.5) is 4.79 Å². The number of imidazole rings is 1. The van der Waals surface area contributed by atoms with E-state index in [1.165, 1.54) is 0 Å². The van der Waals surface area contributed by atoms with Gasteiger partial charge in [-0.3, -0.25) is 0 Å². The molecule has 0 aliphatic heterocycles. The monoisotopic (exact) mass is 631 g/mol. The molecule has 0 atom stereocenters. The second-order valence-electron chi connectivity index (χ2n) is 10.1. The lowest BCUT2D eigenvalue weighted by atomic mass is 9.98. The predicted molar refractivity (Wildman–Crippen MR) is 163 cm³/mol. The summed E-state index contributed by atoms with van der Waals surface area (Å²) in [6.45, 7) is 1.99. The molecule has 1 N–H and O–H groups in total. The van der Waals surface area contributed by atoms with Crippen molar-refractivity contribution in [2.75, 3.05) is 0 Å². The highest BCUT2D eigenvalue weighted by atomic mass is 35.5. The van der Waals surface area contributed by atoms with Crippen molar-refractivity contribution in [2.24, 2.45) is 0 Å². The molecule has 0 saturated carbocycles. The molecule has 5 aromatic rings. The number of unbranched alkanes of at least 4 members (excludes halogenated alkanes) is 1. The third-order valence-corrected chi connectivity index (χ3v) is 7.45. The van der Waals surface area contributed by atoms with Crippen LogP contribution in [0.3, 0.4) is 0 Å². The number of carbonyl (C=O) groups is 1. The van der Waals surface area contributed by atoms with Crippen molar-refractivity contribution in [3.63, 3.8) is 0 Å². The van der Waals surface area contributed by atoms with Crippen LogP contribution in [-0.4, -0.2) is 46.0 Å². The van der Waals surface area contributed by atoms with Crippen molar-refractivity contribution >= 4 is 17.7 Å². The van der Waals surface area contributed by atoms with Gasteiger partial charge in [-0.25, -0.2) is 9.78 Å². The average Bonchev–Trinajstić information content (AvgIpc) is 3.66. The van der Waals surface area contributed by atoms with Crippen molar-refractivity contribution in [2.45, 2.75) is 52.6 Å². The fourth-order valence-electron chi connectivity index (χ4n) is 4.83. The number of aliphatic hydroxyl groups is 1. The fourth-order valence-corrected chi connectivity index (χ4v) is 5.09. The maximum atomic E-state index is 12.7. The van der Waals surface area contributed by atoms with Crippen molar-refractivity contribution in [1.82, 2.24) is 29.8 Å². The van der Waals surface area contributed by atoms with Gasteiger partial charge in [0.05, 0.1) is 12.3 Å². The Balaban J connectivity index is 1.30. The van der Waals surface area contributed by atoms with Crippen LogP contribution in [0.1, 0.15) is 48.0 Å². The lowest BCUT2D eigenvalue weighted by Gasteiger charge is -2.12. The quantitative estimate of drug-likeness (QED) is 0.127. The van der Waals surface area contributed by atoms with E-state index in [1.807, 2.05) is 53.1 Å². The molecule has 2 heterocycles. The van der Waals surface area contributed by atoms with Crippen LogP contribution in [0.15, 0.2) is 72.8 Å². The lowest BCUT2D eigenvalue weighted by Crippen LogP contribution is -2.17. The van der Waals surface area contributed by atoms with Gasteiger partial charge in [0.1, 0.15) is 19.0 Å². The number of hydrogen-bond acceptors (Lipinski definition) is 10. The van der Waals surface area contributed by atoms with Gasteiger partial charge in [-0.15, -0.1) is 20.3 Å². The Hall–Kier alpha value is -5.14. The first-order chi connectivity index (χ1) is 21.9. The van der Waals surface area contributed by atoms with Gasteiger partial charge in [-0.1, -0.05) is 103 Å². The first-order valence-electron chi connectivity index (χ1n) is 14.2. The molecule has 0 fully saturated rings. The molecule has 232 valence electrons. The van der Waals surface area contributed by atoms with E-state index in [0.717, 1.165) is 46.6 Å². The second-order valence-corrected chi connectivity index (χ2v) is 10.4. The first kappa shape index (κ1) is 31.3. The minimum absolute atomic E-state index is 0.166. The van der Waals surface area contributed by atoms with Crippen molar-refractivity contribution in [3.05, 3.63) is 116 Å². The molecule has 3 aromatic carbocycles. The van der Waals surface area contributed by atoms with E-state index in [2.05, 4.69) is 32.2 Å². The summed E-state index contributed by atoms with van der Waals surface area (Å²) in [5.41, 5.74) is 5.06. The van der Waals surface area contributed by atoms with E-state index in [9.17, 15) is 20.0 Å². The summed E-state index contributed by atoms with van der Waals surface area (Å²) in [6.07, 6.45) is 1.91. The smallest absolute Gasteiger partial charge is 0.442 e. The zero-order valence-electron chi connectivity index (χ0n) is 24.4. The Morgan fingerprint density at radius 1 is 1.00 bits per heavy atom. The average molecular weight is 632 g/mol. The number of halogens is 1. The van der Waals surface area contributed by atoms with E-state index >= 15 is 0 Å². The van der Waals surface area contributed by atoms with E-state index in [0.29, 0.717) is 34.1 Å². The maximum Gasteiger partial charge on any atom is 0.454 e. The molecule has 45 heavy (non-hydrogen) atoms. The van der Waals surface area contributed by atoms with E-state index in [4.69, 9.17) is 16.3 Å². The van der Waals surface area contributed by atoms with Crippen LogP contribution in [0.5, 0.6) is 0 Å². The van der Waals surface area contributed by atoms with Crippen LogP contribution in [0.2, 0.25) is 5.15 Å². The number of aromatic nitrogens is 6. The molecule has 14 heteroatoms. The summed E-state index contributed by atoms with van der Waals surface area (Å²) >= 11 is 6.31. The van der Waals surface area contributed by atoms with E-state index < -0.39 is 11.2 Å². The largest absolute Gasteiger partial charge is 0.454 e. The Bertz CT molecular complexity index is 1790. The summed E-state index contributed by atoms with van der Waals surface area (Å²) in [5.74, 6) is 1.08. The fraction of sp³-hybridized carbons (Fsp3) is 0.258. The Labute approximate surface area is 263 Å². The van der Waals surface area contributed by atoms with Gasteiger partial charge >= 0.3 is 6.09 Å². The maximum absolute atomic E-state index is 12.7. The number of aliphatic hydroxyl groups excluding tert-OH is 1. The minimum atomic E-state index is -0.884. The molecule has 0 amide bonds. The first-order valence-corrected chi connectivity index (χ1v) is 14.6. The second kappa shape index (κ2) is 14.6. The number of nitrogens with zero attached hydrogens (tertiary/aromatic N) is 7. The Morgan fingerprint density at radius 2 is 1.69 bits per heavy atom. The van der Waals surface area contributed by atoms with Crippen molar-refractivity contribution < 1.29 is 24.6 Å². The summed E-state index contributed by atoms with van der Waals surface area (Å²) in [6, 6.07) is 22.2. The molecule has 0 bridgehead atoms. The molecule has 0 aliphatic carbocycles. The van der Waals surface area contributed by atoms with Gasteiger partial charge in [-0.2, -0.15) is 0 Å². The van der Waals surface area contributed by atoms with Crippen LogP contribution in [-0.2, 0) is 42.4 Å². The van der Waals surface area contributed by atoms with Crippen LogP contribution in [0, 0.1) is 10.1 Å². The number of aryl methyl sites for hydroxylation is 1. The van der Waals surface area contributed by atoms with Gasteiger partial charge < -0.3 is 19.2 Å². The summed E-state index contributed by atoms with van der Waals surface area (Å²) in [5, 5.41) is 32.1. The Kier molecular flexibility index (Phi) is 10.1. The number of benzene rings is 3. The Morgan fingerprint density at radius 3 is 2.38 bits per heavy atom. The molecule has 0 radical (unpaired) electrons. The topological polar surface area (TPSA) is 160 Å². The molecule has 5 rings (SSSR count). The van der Waals surface area contributed by atoms with E-state index in [-0.39, 0.29) is 25.6 Å². The van der Waals surface area contributed by atoms with Gasteiger partial charge in [-0.05, 0) is 39.5 Å². The van der Waals surface area contributed by atoms with Gasteiger partial charge in [0, 0.05) is 18.5 Å². The van der Waals surface area contributed by atoms with Crippen molar-refractivity contribution in [1.29, 1.82) is 0 Å². The standard InChI is InChI=1S/C31H30ClN7O6/c1-2-3-12-28-33-29(32)27(18-40)37(28)17-21-13-15-22(16-14-21)25-10-6-7-11-26(25)30-34-36-38(35-30)31(41)44-19-23-8-4-5-9-24(23)20-45-39(42)43/h4-11,13-16,40H,2-3,12,17-20H2,1H3. The third-order valence-electron chi connectivity index (χ3n) is 7.15. The molecule has 0 spiro atoms. The summed E-state index contributed by atoms with van der Waals surface area (Å²) in [4.78, 5) is 33.0. The molecule has 13 nitrogen and oxygen atoms in total. The number of tetrazole rings is 1. The normalized spacial score (nSPS) is 11.0. The lowest BCUT2D eigenvalue weighted by molar-refractivity contribution is -0.763. The highest BCUT2D eigenvalue weighted by molar-refractivity contribution is 6.30. The van der Waals surface area contributed by atoms with Crippen molar-refractivity contribution in [3.8, 4) is 22.5 Å². The summed E-state index contributed by atoms with van der Waals surface area (Å²) in [7, 11) is 0. The molecule has 0 unspecified atom stereocenters. The van der Waals surface area contributed by atoms with Crippen LogP contribution in [0.25, 0.3) is 22.5 Å². The number of ether oxygens (including phenoxy) is 1. The predicted octanol–water partition coefficient (Wildman–Crippen LogP) is 5.63. The van der Waals surface area contributed by atoms with Gasteiger partial charge in [0.25, 0.3) is 5.09 Å². The third kappa shape index (κ3) is 7.51. The van der Waals surface area contributed by atoms with Gasteiger partial charge in [0.15, 0.2) is 5.15 Å². The molecule has 2 aromatic heterocycles. The number of carbonyl (C=O) groups excluding carboxylic acids is 1. The molecular weight excluding hydrogens is 602 g/mol. The highest BCUT2D eigenvalue weighted by Gasteiger charge is 2.18. The zero-order valence-corrected chi connectivity index (χ0v) is 25.1. The highest BCUT2D eigenvalue weighted by Crippen LogP contribution is 2.30. The molecular formula is C31H30ClN7O6.